The van der Waals surface area contributed by atoms with Crippen molar-refractivity contribution in [1.82, 2.24) is 4.98 Å². The number of carbonyl (C=O) groups is 2. The first-order chi connectivity index (χ1) is 14.9. The highest BCUT2D eigenvalue weighted by atomic mass is 32.1. The Bertz CT molecular complexity index is 1170. The molecule has 0 radical (unpaired) electrons. The first-order valence-electron chi connectivity index (χ1n) is 10.2. The van der Waals surface area contributed by atoms with Crippen LogP contribution in [0.5, 0.6) is 0 Å². The smallest absolute Gasteiger partial charge is 0.341 e. The second kappa shape index (κ2) is 8.94. The zero-order valence-corrected chi connectivity index (χ0v) is 19.4. The van der Waals surface area contributed by atoms with E-state index in [9.17, 15) is 9.59 Å². The third kappa shape index (κ3) is 4.05. The van der Waals surface area contributed by atoms with E-state index in [0.29, 0.717) is 32.6 Å². The number of aryl methyl sites for hydroxylation is 2. The molecular formula is C22H25N3O4S2. The van der Waals surface area contributed by atoms with Gasteiger partial charge in [-0.1, -0.05) is 0 Å². The van der Waals surface area contributed by atoms with E-state index in [4.69, 9.17) is 15.2 Å². The molecule has 3 heterocycles. The number of thiophene rings is 2. The maximum Gasteiger partial charge on any atom is 0.341 e. The zero-order chi connectivity index (χ0) is 22.1. The summed E-state index contributed by atoms with van der Waals surface area (Å²) in [6.45, 7) is 4.34. The maximum absolute atomic E-state index is 13.2. The molecule has 0 spiro atoms. The lowest BCUT2D eigenvalue weighted by atomic mass is 9.95. The van der Waals surface area contributed by atoms with Crippen molar-refractivity contribution in [3.63, 3.8) is 0 Å². The van der Waals surface area contributed by atoms with Crippen molar-refractivity contribution in [2.75, 3.05) is 24.8 Å². The van der Waals surface area contributed by atoms with Crippen LogP contribution in [0.2, 0.25) is 0 Å². The summed E-state index contributed by atoms with van der Waals surface area (Å²) in [5.41, 5.74) is 10.0. The summed E-state index contributed by atoms with van der Waals surface area (Å²) >= 11 is 2.71. The minimum Gasteiger partial charge on any atom is -0.462 e. The highest BCUT2D eigenvalue weighted by Gasteiger charge is 2.28. The molecule has 4 rings (SSSR count). The van der Waals surface area contributed by atoms with Gasteiger partial charge in [-0.3, -0.25) is 4.79 Å². The first-order valence-corrected chi connectivity index (χ1v) is 11.9. The quantitative estimate of drug-likeness (QED) is 0.518. The predicted molar refractivity (Wildman–Crippen MR) is 124 cm³/mol. The van der Waals surface area contributed by atoms with Crippen LogP contribution < -0.4 is 11.1 Å². The van der Waals surface area contributed by atoms with Gasteiger partial charge in [0, 0.05) is 23.1 Å². The zero-order valence-electron chi connectivity index (χ0n) is 17.8. The van der Waals surface area contributed by atoms with Crippen LogP contribution in [0.1, 0.15) is 61.5 Å². The van der Waals surface area contributed by atoms with Crippen LogP contribution >= 0.6 is 22.7 Å². The molecule has 0 saturated carbocycles. The first kappa shape index (κ1) is 21.7. The van der Waals surface area contributed by atoms with Crippen LogP contribution in [-0.2, 0) is 28.9 Å². The highest BCUT2D eigenvalue weighted by molar-refractivity contribution is 7.21. The van der Waals surface area contributed by atoms with Crippen LogP contribution in [0.3, 0.4) is 0 Å². The lowest BCUT2D eigenvalue weighted by molar-refractivity contribution is 0.0526. The number of hydrogen-bond donors (Lipinski definition) is 2. The fourth-order valence-electron chi connectivity index (χ4n) is 4.01. The fourth-order valence-corrected chi connectivity index (χ4v) is 6.36. The highest BCUT2D eigenvalue weighted by Crippen LogP contribution is 2.40. The molecule has 0 saturated heterocycles. The van der Waals surface area contributed by atoms with Gasteiger partial charge < -0.3 is 20.5 Å². The van der Waals surface area contributed by atoms with Crippen LogP contribution in [0.15, 0.2) is 6.07 Å². The van der Waals surface area contributed by atoms with Crippen molar-refractivity contribution in [3.8, 4) is 0 Å². The molecule has 0 bridgehead atoms. The van der Waals surface area contributed by atoms with Crippen LogP contribution in [0.25, 0.3) is 10.2 Å². The molecule has 9 heteroatoms. The van der Waals surface area contributed by atoms with Crippen molar-refractivity contribution in [2.24, 2.45) is 0 Å². The van der Waals surface area contributed by atoms with Crippen molar-refractivity contribution < 1.29 is 19.1 Å². The minimum absolute atomic E-state index is 0.285. The average Bonchev–Trinajstić information content (AvgIpc) is 3.25. The number of anilines is 2. The molecule has 1 aliphatic carbocycles. The largest absolute Gasteiger partial charge is 0.462 e. The lowest BCUT2D eigenvalue weighted by Crippen LogP contribution is -2.15. The van der Waals surface area contributed by atoms with E-state index in [1.807, 2.05) is 13.0 Å². The number of nitrogen functional groups attached to an aromatic ring is 1. The van der Waals surface area contributed by atoms with Crippen LogP contribution in [0, 0.1) is 6.92 Å². The number of methoxy groups -OCH3 is 1. The molecule has 0 fully saturated rings. The molecule has 3 aromatic rings. The van der Waals surface area contributed by atoms with Gasteiger partial charge in [-0.2, -0.15) is 0 Å². The maximum atomic E-state index is 13.2. The van der Waals surface area contributed by atoms with Gasteiger partial charge in [0.1, 0.15) is 14.7 Å². The van der Waals surface area contributed by atoms with E-state index in [0.717, 1.165) is 52.8 Å². The Morgan fingerprint density at radius 2 is 2.03 bits per heavy atom. The van der Waals surface area contributed by atoms with Crippen molar-refractivity contribution in [1.29, 1.82) is 0 Å². The second-order valence-corrected chi connectivity index (χ2v) is 9.57. The Hall–Kier alpha value is -2.49. The Balaban J connectivity index is 1.73. The van der Waals surface area contributed by atoms with Crippen molar-refractivity contribution in [3.05, 3.63) is 38.2 Å². The Morgan fingerprint density at radius 1 is 1.26 bits per heavy atom. The SMILES string of the molecule is CCOC(=O)c1c(NC(=O)c2sc3nc(C)cc(COC)c3c2N)sc2c1CCCC2. The summed E-state index contributed by atoms with van der Waals surface area (Å²) in [6.07, 6.45) is 3.85. The number of rotatable bonds is 6. The van der Waals surface area contributed by atoms with Gasteiger partial charge in [-0.25, -0.2) is 9.78 Å². The molecule has 1 aliphatic rings. The molecule has 0 unspecified atom stereocenters. The summed E-state index contributed by atoms with van der Waals surface area (Å²) in [6, 6.07) is 1.92. The minimum atomic E-state index is -0.388. The average molecular weight is 460 g/mol. The topological polar surface area (TPSA) is 104 Å². The number of fused-ring (bicyclic) bond motifs is 2. The number of ether oxygens (including phenoxy) is 2. The fraction of sp³-hybridized carbons (Fsp3) is 0.409. The molecule has 3 aromatic heterocycles. The number of pyridine rings is 1. The summed E-state index contributed by atoms with van der Waals surface area (Å²) in [5, 5.41) is 4.23. The molecule has 7 nitrogen and oxygen atoms in total. The third-order valence-corrected chi connectivity index (χ3v) is 7.60. The van der Waals surface area contributed by atoms with Gasteiger partial charge in [0.05, 0.1) is 24.5 Å². The van der Waals surface area contributed by atoms with Gasteiger partial charge in [-0.05, 0) is 56.7 Å². The van der Waals surface area contributed by atoms with Gasteiger partial charge in [0.25, 0.3) is 5.91 Å². The molecule has 1 amide bonds. The summed E-state index contributed by atoms with van der Waals surface area (Å²) in [7, 11) is 1.62. The number of carbonyl (C=O) groups excluding carboxylic acids is 2. The van der Waals surface area contributed by atoms with E-state index in [1.54, 1.807) is 14.0 Å². The number of amides is 1. The summed E-state index contributed by atoms with van der Waals surface area (Å²) in [4.78, 5) is 32.7. The molecule has 0 aromatic carbocycles. The molecule has 0 atom stereocenters. The number of nitrogens with two attached hydrogens (primary N) is 1. The molecule has 31 heavy (non-hydrogen) atoms. The summed E-state index contributed by atoms with van der Waals surface area (Å²) < 4.78 is 10.6. The van der Waals surface area contributed by atoms with Crippen LogP contribution in [-0.4, -0.2) is 30.6 Å². The molecular weight excluding hydrogens is 434 g/mol. The number of esters is 1. The Labute approximate surface area is 188 Å². The normalized spacial score (nSPS) is 13.3. The summed E-state index contributed by atoms with van der Waals surface area (Å²) in [5.74, 6) is -0.730. The van der Waals surface area contributed by atoms with Crippen LogP contribution in [0.4, 0.5) is 10.7 Å². The number of nitrogens with zero attached hydrogens (tertiary/aromatic N) is 1. The second-order valence-electron chi connectivity index (χ2n) is 7.47. The monoisotopic (exact) mass is 459 g/mol. The molecule has 0 aliphatic heterocycles. The van der Waals surface area contributed by atoms with E-state index < -0.39 is 0 Å². The van der Waals surface area contributed by atoms with E-state index in [-0.39, 0.29) is 18.5 Å². The van der Waals surface area contributed by atoms with E-state index in [2.05, 4.69) is 10.3 Å². The van der Waals surface area contributed by atoms with E-state index in [1.165, 1.54) is 22.7 Å². The predicted octanol–water partition coefficient (Wildman–Crippen LogP) is 4.70. The number of hydrogen-bond acceptors (Lipinski definition) is 8. The lowest BCUT2D eigenvalue weighted by Gasteiger charge is -2.12. The standard InChI is InChI=1S/C22H25N3O4S2/c1-4-29-22(27)16-13-7-5-6-8-14(13)30-21(16)25-19(26)18-17(23)15-12(10-28-3)9-11(2)24-20(15)31-18/h9H,4-8,10,23H2,1-3H3,(H,25,26). The molecule has 3 N–H and O–H groups in total. The number of nitrogens with one attached hydrogen (secondary N) is 1. The Kier molecular flexibility index (Phi) is 6.27. The van der Waals surface area contributed by atoms with Gasteiger partial charge in [-0.15, -0.1) is 22.7 Å². The Morgan fingerprint density at radius 3 is 2.77 bits per heavy atom. The van der Waals surface area contributed by atoms with Gasteiger partial charge >= 0.3 is 5.97 Å². The van der Waals surface area contributed by atoms with Gasteiger partial charge in [0.2, 0.25) is 0 Å². The van der Waals surface area contributed by atoms with Gasteiger partial charge in [0.15, 0.2) is 0 Å². The molecule has 164 valence electrons. The number of aromatic nitrogens is 1. The van der Waals surface area contributed by atoms with Crippen molar-refractivity contribution in [2.45, 2.75) is 46.1 Å². The van der Waals surface area contributed by atoms with Crippen molar-refractivity contribution >= 4 is 55.5 Å². The third-order valence-electron chi connectivity index (χ3n) is 5.29. The van der Waals surface area contributed by atoms with E-state index >= 15 is 0 Å².